The highest BCUT2D eigenvalue weighted by Crippen LogP contribution is 2.23. The normalized spacial score (nSPS) is 12.3. The Balaban J connectivity index is 1.94. The van der Waals surface area contributed by atoms with Crippen molar-refractivity contribution in [3.8, 4) is 11.4 Å². The number of allylic oxidation sites excluding steroid dienone is 1. The zero-order valence-electron chi connectivity index (χ0n) is 13.3. The number of nitrogens with one attached hydrogen (secondary N) is 2. The van der Waals surface area contributed by atoms with Gasteiger partial charge in [-0.25, -0.2) is 0 Å². The van der Waals surface area contributed by atoms with Crippen molar-refractivity contribution in [2.75, 3.05) is 0 Å². The zero-order chi connectivity index (χ0) is 16.2. The zero-order valence-corrected chi connectivity index (χ0v) is 13.3. The van der Waals surface area contributed by atoms with Crippen molar-refractivity contribution in [3.63, 3.8) is 0 Å². The Kier molecular flexibility index (Phi) is 4.70. The van der Waals surface area contributed by atoms with Gasteiger partial charge in [0.15, 0.2) is 0 Å². The van der Waals surface area contributed by atoms with Crippen LogP contribution in [0.2, 0.25) is 0 Å². The number of benzene rings is 1. The lowest BCUT2D eigenvalue weighted by Gasteiger charge is -2.19. The molecule has 0 unspecified atom stereocenters. The van der Waals surface area contributed by atoms with Gasteiger partial charge in [0.1, 0.15) is 0 Å². The molecule has 0 aliphatic carbocycles. The highest BCUT2D eigenvalue weighted by Gasteiger charge is 2.13. The summed E-state index contributed by atoms with van der Waals surface area (Å²) in [5.74, 6) is 0.481. The molecule has 1 aromatic heterocycles. The molecule has 22 heavy (non-hydrogen) atoms. The van der Waals surface area contributed by atoms with Crippen LogP contribution >= 0.6 is 0 Å². The van der Waals surface area contributed by atoms with Crippen LogP contribution in [-0.4, -0.2) is 26.5 Å². The molecule has 0 fully saturated rings. The Morgan fingerprint density at radius 3 is 2.50 bits per heavy atom. The molecule has 0 aliphatic rings. The fourth-order valence-electron chi connectivity index (χ4n) is 1.71. The lowest BCUT2D eigenvalue weighted by Crippen LogP contribution is -2.22. The molecule has 0 saturated heterocycles. The molecule has 0 bridgehead atoms. The number of aromatic amines is 1. The van der Waals surface area contributed by atoms with Crippen molar-refractivity contribution in [1.29, 1.82) is 0 Å². The van der Waals surface area contributed by atoms with Gasteiger partial charge in [0.05, 0.1) is 0 Å². The Morgan fingerprint density at radius 2 is 1.95 bits per heavy atom. The average Bonchev–Trinajstić information content (AvgIpc) is 2.99. The first-order valence-electron chi connectivity index (χ1n) is 7.15. The van der Waals surface area contributed by atoms with Gasteiger partial charge >= 0.3 is 0 Å². The van der Waals surface area contributed by atoms with Crippen LogP contribution < -0.4 is 5.32 Å². The van der Waals surface area contributed by atoms with Crippen LogP contribution in [0.4, 0.5) is 0 Å². The molecule has 1 amide bonds. The Bertz CT molecular complexity index is 651. The third-order valence-electron chi connectivity index (χ3n) is 3.55. The fourth-order valence-corrected chi connectivity index (χ4v) is 1.71. The third kappa shape index (κ3) is 4.25. The molecular weight excluding hydrogens is 278 g/mol. The number of rotatable bonds is 4. The number of carbonyl (C=O) groups is 1. The second-order valence-corrected chi connectivity index (χ2v) is 6.23. The lowest BCUT2D eigenvalue weighted by molar-refractivity contribution is -0.116. The van der Waals surface area contributed by atoms with Gasteiger partial charge in [-0.15, -0.1) is 10.2 Å². The van der Waals surface area contributed by atoms with Gasteiger partial charge in [-0.1, -0.05) is 50.6 Å². The van der Waals surface area contributed by atoms with Crippen LogP contribution in [-0.2, 0) is 11.3 Å². The summed E-state index contributed by atoms with van der Waals surface area (Å²) < 4.78 is 0. The maximum Gasteiger partial charge on any atom is 0.244 e. The summed E-state index contributed by atoms with van der Waals surface area (Å²) >= 11 is 0. The van der Waals surface area contributed by atoms with Crippen LogP contribution in [0.15, 0.2) is 35.9 Å². The van der Waals surface area contributed by atoms with E-state index in [1.54, 1.807) is 6.08 Å². The summed E-state index contributed by atoms with van der Waals surface area (Å²) in [6.07, 6.45) is 1.66. The second kappa shape index (κ2) is 6.51. The van der Waals surface area contributed by atoms with Crippen molar-refractivity contribution in [3.05, 3.63) is 41.5 Å². The van der Waals surface area contributed by atoms with Crippen LogP contribution in [0.5, 0.6) is 0 Å². The molecule has 0 aliphatic heterocycles. The predicted octanol–water partition coefficient (Wildman–Crippen LogP) is 2.48. The molecular formula is C16H21N5O. The van der Waals surface area contributed by atoms with E-state index in [1.807, 2.05) is 31.2 Å². The fraction of sp³-hybridized carbons (Fsp3) is 0.375. The minimum absolute atomic E-state index is 0.00355. The van der Waals surface area contributed by atoms with E-state index >= 15 is 0 Å². The lowest BCUT2D eigenvalue weighted by atomic mass is 9.87. The topological polar surface area (TPSA) is 83.6 Å². The monoisotopic (exact) mass is 299 g/mol. The Labute approximate surface area is 130 Å². The first kappa shape index (κ1) is 15.9. The van der Waals surface area contributed by atoms with Crippen LogP contribution in [0.25, 0.3) is 11.4 Å². The number of H-pyrrole nitrogens is 1. The predicted molar refractivity (Wildman–Crippen MR) is 84.7 cm³/mol. The highest BCUT2D eigenvalue weighted by atomic mass is 16.1. The molecule has 0 spiro atoms. The Hall–Kier alpha value is -2.50. The average molecular weight is 299 g/mol. The third-order valence-corrected chi connectivity index (χ3v) is 3.55. The van der Waals surface area contributed by atoms with Crippen molar-refractivity contribution in [2.24, 2.45) is 5.41 Å². The first-order valence-corrected chi connectivity index (χ1v) is 7.15. The van der Waals surface area contributed by atoms with Crippen molar-refractivity contribution >= 4 is 5.91 Å². The summed E-state index contributed by atoms with van der Waals surface area (Å²) in [6.45, 7) is 8.72. The molecule has 0 atom stereocenters. The molecule has 116 valence electrons. The van der Waals surface area contributed by atoms with E-state index in [-0.39, 0.29) is 11.3 Å². The molecule has 0 saturated carbocycles. The summed E-state index contributed by atoms with van der Waals surface area (Å²) in [6, 6.07) is 7.68. The van der Waals surface area contributed by atoms with Crippen molar-refractivity contribution < 1.29 is 4.79 Å². The van der Waals surface area contributed by atoms with Gasteiger partial charge in [0, 0.05) is 18.2 Å². The van der Waals surface area contributed by atoms with Crippen molar-refractivity contribution in [2.45, 2.75) is 34.2 Å². The summed E-state index contributed by atoms with van der Waals surface area (Å²) in [7, 11) is 0. The largest absolute Gasteiger partial charge is 0.348 e. The summed E-state index contributed by atoms with van der Waals surface area (Å²) in [5, 5.41) is 16.7. The minimum Gasteiger partial charge on any atom is -0.348 e. The molecule has 6 nitrogen and oxygen atoms in total. The number of amides is 1. The summed E-state index contributed by atoms with van der Waals surface area (Å²) in [4.78, 5) is 11.9. The van der Waals surface area contributed by atoms with Gasteiger partial charge in [-0.05, 0) is 23.1 Å². The number of aromatic nitrogens is 4. The van der Waals surface area contributed by atoms with Crippen LogP contribution in [0, 0.1) is 5.41 Å². The first-order chi connectivity index (χ1) is 10.4. The molecule has 1 heterocycles. The smallest absolute Gasteiger partial charge is 0.244 e. The van der Waals surface area contributed by atoms with E-state index in [1.165, 1.54) is 0 Å². The van der Waals surface area contributed by atoms with E-state index in [4.69, 9.17) is 0 Å². The van der Waals surface area contributed by atoms with E-state index in [0.717, 1.165) is 16.7 Å². The molecule has 1 aromatic carbocycles. The van der Waals surface area contributed by atoms with Gasteiger partial charge in [-0.3, -0.25) is 4.79 Å². The van der Waals surface area contributed by atoms with E-state index in [2.05, 4.69) is 46.7 Å². The highest BCUT2D eigenvalue weighted by molar-refractivity contribution is 5.88. The summed E-state index contributed by atoms with van der Waals surface area (Å²) in [5.41, 5.74) is 2.95. The van der Waals surface area contributed by atoms with Gasteiger partial charge < -0.3 is 5.32 Å². The minimum atomic E-state index is -0.0744. The van der Waals surface area contributed by atoms with Gasteiger partial charge in [0.25, 0.3) is 0 Å². The maximum absolute atomic E-state index is 11.9. The number of hydrogen-bond donors (Lipinski definition) is 2. The number of hydrogen-bond acceptors (Lipinski definition) is 4. The molecule has 2 N–H and O–H groups in total. The SMILES string of the molecule is C/C(=C\C(=O)NCc1ccc(-c2nn[nH]n2)cc1)C(C)(C)C. The molecule has 2 rings (SSSR count). The van der Waals surface area contributed by atoms with Crippen molar-refractivity contribution in [1.82, 2.24) is 25.9 Å². The van der Waals surface area contributed by atoms with Crippen LogP contribution in [0.3, 0.4) is 0 Å². The molecule has 2 aromatic rings. The number of carbonyl (C=O) groups excluding carboxylic acids is 1. The quantitative estimate of drug-likeness (QED) is 0.850. The van der Waals surface area contributed by atoms with Crippen LogP contribution in [0.1, 0.15) is 33.3 Å². The maximum atomic E-state index is 11.9. The van der Waals surface area contributed by atoms with E-state index in [9.17, 15) is 4.79 Å². The molecule has 0 radical (unpaired) electrons. The standard InChI is InChI=1S/C16H21N5O/c1-11(16(2,3)4)9-14(22)17-10-12-5-7-13(8-6-12)15-18-20-21-19-15/h5-9H,10H2,1-4H3,(H,17,22)(H,18,19,20,21)/b11-9+. The van der Waals surface area contributed by atoms with Gasteiger partial charge in [0.2, 0.25) is 11.7 Å². The Morgan fingerprint density at radius 1 is 1.27 bits per heavy atom. The number of nitrogens with zero attached hydrogens (tertiary/aromatic N) is 3. The number of tetrazole rings is 1. The molecule has 6 heteroatoms. The van der Waals surface area contributed by atoms with E-state index < -0.39 is 0 Å². The second-order valence-electron chi connectivity index (χ2n) is 6.23. The van der Waals surface area contributed by atoms with Gasteiger partial charge in [-0.2, -0.15) is 5.21 Å². The van der Waals surface area contributed by atoms with E-state index in [0.29, 0.717) is 12.4 Å².